The minimum atomic E-state index is 0.159. The molecule has 0 atom stereocenters. The molecule has 0 aliphatic heterocycles. The molecule has 2 rings (SSSR count). The number of aryl methyl sites for hydroxylation is 2. The van der Waals surface area contributed by atoms with Gasteiger partial charge in [-0.2, -0.15) is 0 Å². The van der Waals surface area contributed by atoms with Crippen molar-refractivity contribution in [1.82, 2.24) is 0 Å². The van der Waals surface area contributed by atoms with Crippen LogP contribution in [0, 0.1) is 6.92 Å². The van der Waals surface area contributed by atoms with Crippen LogP contribution >= 0.6 is 0 Å². The van der Waals surface area contributed by atoms with Crippen LogP contribution in [0.2, 0.25) is 0 Å². The highest BCUT2D eigenvalue weighted by Gasteiger charge is 2.07. The average molecular weight is 268 g/mol. The van der Waals surface area contributed by atoms with Crippen molar-refractivity contribution in [2.75, 3.05) is 6.61 Å². The number of carbonyl (C=O) groups is 1. The van der Waals surface area contributed by atoms with E-state index < -0.39 is 0 Å². The summed E-state index contributed by atoms with van der Waals surface area (Å²) < 4.78 is 5.42. The van der Waals surface area contributed by atoms with Gasteiger partial charge in [0, 0.05) is 12.0 Å². The van der Waals surface area contributed by atoms with E-state index in [1.165, 1.54) is 11.1 Å². The van der Waals surface area contributed by atoms with E-state index in [2.05, 4.69) is 31.2 Å². The van der Waals surface area contributed by atoms with Crippen LogP contribution in [0.3, 0.4) is 0 Å². The molecule has 2 nitrogen and oxygen atoms in total. The first-order valence-corrected chi connectivity index (χ1v) is 7.00. The molecular formula is C18H20O2. The van der Waals surface area contributed by atoms with Crippen molar-refractivity contribution in [3.05, 3.63) is 65.2 Å². The second-order valence-corrected chi connectivity index (χ2v) is 4.87. The van der Waals surface area contributed by atoms with Crippen LogP contribution in [0.25, 0.3) is 0 Å². The summed E-state index contributed by atoms with van der Waals surface area (Å²) in [5, 5.41) is 0. The van der Waals surface area contributed by atoms with Crippen molar-refractivity contribution >= 4 is 5.78 Å². The fourth-order valence-electron chi connectivity index (χ4n) is 2.08. The highest BCUT2D eigenvalue weighted by atomic mass is 16.5. The molecule has 20 heavy (non-hydrogen) atoms. The Morgan fingerprint density at radius 3 is 2.55 bits per heavy atom. The summed E-state index contributed by atoms with van der Waals surface area (Å²) in [6.07, 6.45) is 1.30. The van der Waals surface area contributed by atoms with E-state index in [4.69, 9.17) is 4.74 Å². The summed E-state index contributed by atoms with van der Waals surface area (Å²) in [4.78, 5) is 12.2. The molecule has 0 unspecified atom stereocenters. The Labute approximate surface area is 120 Å². The fraction of sp³-hybridized carbons (Fsp3) is 0.278. The van der Waals surface area contributed by atoms with Gasteiger partial charge in [-0.25, -0.2) is 0 Å². The lowest BCUT2D eigenvalue weighted by Crippen LogP contribution is -2.02. The predicted molar refractivity (Wildman–Crippen MR) is 81.4 cm³/mol. The van der Waals surface area contributed by atoms with E-state index in [0.717, 1.165) is 17.7 Å². The van der Waals surface area contributed by atoms with Crippen molar-refractivity contribution < 1.29 is 9.53 Å². The Balaban J connectivity index is 1.97. The fourth-order valence-corrected chi connectivity index (χ4v) is 2.08. The monoisotopic (exact) mass is 268 g/mol. The molecule has 2 aromatic carbocycles. The highest BCUT2D eigenvalue weighted by Crippen LogP contribution is 2.16. The number of hydrogen-bond donors (Lipinski definition) is 0. The first-order valence-electron chi connectivity index (χ1n) is 7.00. The summed E-state index contributed by atoms with van der Waals surface area (Å²) in [7, 11) is 0. The minimum absolute atomic E-state index is 0.159. The molecule has 2 aromatic rings. The number of benzene rings is 2. The molecule has 0 aromatic heterocycles. The van der Waals surface area contributed by atoms with Gasteiger partial charge in [-0.15, -0.1) is 0 Å². The zero-order chi connectivity index (χ0) is 14.4. The number of ketones is 1. The van der Waals surface area contributed by atoms with Gasteiger partial charge in [0.2, 0.25) is 0 Å². The summed E-state index contributed by atoms with van der Waals surface area (Å²) in [6.45, 7) is 4.61. The van der Waals surface area contributed by atoms with Gasteiger partial charge in [0.05, 0.1) is 6.61 Å². The van der Waals surface area contributed by atoms with Gasteiger partial charge in [-0.3, -0.25) is 4.79 Å². The first kappa shape index (κ1) is 14.3. The topological polar surface area (TPSA) is 26.3 Å². The molecule has 0 saturated heterocycles. The average Bonchev–Trinajstić information content (AvgIpc) is 2.47. The lowest BCUT2D eigenvalue weighted by Gasteiger charge is -2.06. The molecule has 0 N–H and O–H groups in total. The van der Waals surface area contributed by atoms with Gasteiger partial charge in [-0.1, -0.05) is 42.0 Å². The largest absolute Gasteiger partial charge is 0.494 e. The quantitative estimate of drug-likeness (QED) is 0.734. The summed E-state index contributed by atoms with van der Waals surface area (Å²) in [5.74, 6) is 0.917. The molecule has 0 heterocycles. The van der Waals surface area contributed by atoms with E-state index in [-0.39, 0.29) is 5.78 Å². The van der Waals surface area contributed by atoms with E-state index >= 15 is 0 Å². The molecule has 104 valence electrons. The maximum absolute atomic E-state index is 12.2. The van der Waals surface area contributed by atoms with Crippen molar-refractivity contribution in [3.8, 4) is 5.75 Å². The van der Waals surface area contributed by atoms with Crippen molar-refractivity contribution in [2.45, 2.75) is 26.7 Å². The molecule has 0 saturated carbocycles. The van der Waals surface area contributed by atoms with Crippen LogP contribution in [0.4, 0.5) is 0 Å². The molecular weight excluding hydrogens is 248 g/mol. The number of hydrogen-bond acceptors (Lipinski definition) is 2. The molecule has 0 spiro atoms. The zero-order valence-corrected chi connectivity index (χ0v) is 12.1. The second kappa shape index (κ2) is 6.90. The SMILES string of the molecule is CCOc1cccc(C(=O)CCc2ccc(C)cc2)c1. The van der Waals surface area contributed by atoms with Crippen molar-refractivity contribution in [1.29, 1.82) is 0 Å². The number of rotatable bonds is 6. The Hall–Kier alpha value is -2.09. The smallest absolute Gasteiger partial charge is 0.163 e. The Morgan fingerprint density at radius 1 is 1.10 bits per heavy atom. The Morgan fingerprint density at radius 2 is 1.85 bits per heavy atom. The van der Waals surface area contributed by atoms with Crippen LogP contribution in [-0.4, -0.2) is 12.4 Å². The van der Waals surface area contributed by atoms with Crippen LogP contribution < -0.4 is 4.74 Å². The van der Waals surface area contributed by atoms with E-state index in [1.54, 1.807) is 0 Å². The van der Waals surface area contributed by atoms with Gasteiger partial charge >= 0.3 is 0 Å². The van der Waals surface area contributed by atoms with Crippen LogP contribution in [-0.2, 0) is 6.42 Å². The lowest BCUT2D eigenvalue weighted by molar-refractivity contribution is 0.0982. The van der Waals surface area contributed by atoms with Crippen molar-refractivity contribution in [3.63, 3.8) is 0 Å². The zero-order valence-electron chi connectivity index (χ0n) is 12.1. The van der Waals surface area contributed by atoms with E-state index in [9.17, 15) is 4.79 Å². The molecule has 2 heteroatoms. The lowest BCUT2D eigenvalue weighted by atomic mass is 10.0. The van der Waals surface area contributed by atoms with Gasteiger partial charge < -0.3 is 4.74 Å². The Bertz CT molecular complexity index is 570. The van der Waals surface area contributed by atoms with E-state index in [1.807, 2.05) is 31.2 Å². The maximum Gasteiger partial charge on any atom is 0.163 e. The molecule has 0 aliphatic rings. The third-order valence-corrected chi connectivity index (χ3v) is 3.23. The van der Waals surface area contributed by atoms with Crippen LogP contribution in [0.5, 0.6) is 5.75 Å². The minimum Gasteiger partial charge on any atom is -0.494 e. The normalized spacial score (nSPS) is 10.3. The standard InChI is InChI=1S/C18H20O2/c1-3-20-17-6-4-5-16(13-17)18(19)12-11-15-9-7-14(2)8-10-15/h4-10,13H,3,11-12H2,1-2H3. The number of carbonyl (C=O) groups excluding carboxylic acids is 1. The molecule has 0 bridgehead atoms. The second-order valence-electron chi connectivity index (χ2n) is 4.87. The molecule has 0 fully saturated rings. The molecule has 0 aliphatic carbocycles. The summed E-state index contributed by atoms with van der Waals surface area (Å²) in [6, 6.07) is 15.7. The number of ether oxygens (including phenoxy) is 1. The third kappa shape index (κ3) is 3.95. The first-order chi connectivity index (χ1) is 9.69. The summed E-state index contributed by atoms with van der Waals surface area (Å²) in [5.41, 5.74) is 3.16. The molecule has 0 amide bonds. The van der Waals surface area contributed by atoms with E-state index in [0.29, 0.717) is 13.0 Å². The Kier molecular flexibility index (Phi) is 4.94. The van der Waals surface area contributed by atoms with Gasteiger partial charge in [0.15, 0.2) is 5.78 Å². The predicted octanol–water partition coefficient (Wildman–Crippen LogP) is 4.21. The van der Waals surface area contributed by atoms with Gasteiger partial charge in [-0.05, 0) is 38.0 Å². The number of Topliss-reactive ketones (excluding diaryl/α,β-unsaturated/α-hetero) is 1. The van der Waals surface area contributed by atoms with Crippen LogP contribution in [0.1, 0.15) is 34.8 Å². The maximum atomic E-state index is 12.2. The van der Waals surface area contributed by atoms with Crippen molar-refractivity contribution in [2.24, 2.45) is 0 Å². The van der Waals surface area contributed by atoms with Gasteiger partial charge in [0.1, 0.15) is 5.75 Å². The molecule has 0 radical (unpaired) electrons. The van der Waals surface area contributed by atoms with Crippen LogP contribution in [0.15, 0.2) is 48.5 Å². The third-order valence-electron chi connectivity index (χ3n) is 3.23. The highest BCUT2D eigenvalue weighted by molar-refractivity contribution is 5.96. The van der Waals surface area contributed by atoms with Gasteiger partial charge in [0.25, 0.3) is 0 Å². The summed E-state index contributed by atoms with van der Waals surface area (Å²) >= 11 is 0.